The Labute approximate surface area is 105 Å². The molecule has 3 N–H and O–H groups in total. The Morgan fingerprint density at radius 2 is 1.88 bits per heavy atom. The Bertz CT molecular complexity index is 286. The predicted molar refractivity (Wildman–Crippen MR) is 71.8 cm³/mol. The molecule has 1 aromatic rings. The van der Waals surface area contributed by atoms with E-state index in [2.05, 4.69) is 19.2 Å². The van der Waals surface area contributed by atoms with E-state index in [0.29, 0.717) is 6.04 Å². The van der Waals surface area contributed by atoms with Gasteiger partial charge in [-0.1, -0.05) is 50.1 Å². The zero-order valence-electron chi connectivity index (χ0n) is 11.1. The minimum absolute atomic E-state index is 0.343. The molecule has 0 saturated carbocycles. The van der Waals surface area contributed by atoms with E-state index in [9.17, 15) is 5.11 Å². The number of quaternary nitrogens is 1. The summed E-state index contributed by atoms with van der Waals surface area (Å²) in [5, 5.41) is 12.3. The maximum absolute atomic E-state index is 10.0. The number of rotatable bonds is 8. The Morgan fingerprint density at radius 1 is 1.18 bits per heavy atom. The molecule has 0 aliphatic carbocycles. The zero-order valence-corrected chi connectivity index (χ0v) is 11.1. The van der Waals surface area contributed by atoms with Crippen molar-refractivity contribution < 1.29 is 10.4 Å². The zero-order chi connectivity index (χ0) is 12.5. The van der Waals surface area contributed by atoms with Crippen LogP contribution in [0.25, 0.3) is 0 Å². The van der Waals surface area contributed by atoms with Crippen LogP contribution < -0.4 is 5.32 Å². The SMILES string of the molecule is CCCCC[C@@H](C)[NH2+]C[C@H](O)c1ccccc1. The number of nitrogens with two attached hydrogens (primary N) is 1. The first kappa shape index (κ1) is 14.2. The van der Waals surface area contributed by atoms with Crippen LogP contribution >= 0.6 is 0 Å². The average molecular weight is 236 g/mol. The molecule has 0 aliphatic rings. The Kier molecular flexibility index (Phi) is 6.90. The molecule has 0 aromatic heterocycles. The summed E-state index contributed by atoms with van der Waals surface area (Å²) in [5.41, 5.74) is 1.02. The molecule has 0 saturated heterocycles. The Hall–Kier alpha value is -0.860. The maximum atomic E-state index is 10.0. The highest BCUT2D eigenvalue weighted by Gasteiger charge is 2.11. The second-order valence-electron chi connectivity index (χ2n) is 4.87. The molecule has 2 heteroatoms. The first-order chi connectivity index (χ1) is 8.24. The van der Waals surface area contributed by atoms with Gasteiger partial charge in [-0.3, -0.25) is 0 Å². The molecule has 1 rings (SSSR count). The summed E-state index contributed by atoms with van der Waals surface area (Å²) in [6, 6.07) is 10.5. The second-order valence-corrected chi connectivity index (χ2v) is 4.87. The van der Waals surface area contributed by atoms with Gasteiger partial charge < -0.3 is 10.4 Å². The van der Waals surface area contributed by atoms with Gasteiger partial charge in [0.2, 0.25) is 0 Å². The minimum atomic E-state index is -0.343. The van der Waals surface area contributed by atoms with Crippen molar-refractivity contribution in [2.45, 2.75) is 51.7 Å². The average Bonchev–Trinajstić information content (AvgIpc) is 2.37. The quantitative estimate of drug-likeness (QED) is 0.667. The van der Waals surface area contributed by atoms with Crippen LogP contribution in [-0.2, 0) is 0 Å². The molecule has 0 aliphatic heterocycles. The van der Waals surface area contributed by atoms with Crippen molar-refractivity contribution in [3.05, 3.63) is 35.9 Å². The van der Waals surface area contributed by atoms with Gasteiger partial charge >= 0.3 is 0 Å². The first-order valence-electron chi connectivity index (χ1n) is 6.80. The summed E-state index contributed by atoms with van der Waals surface area (Å²) in [7, 11) is 0. The summed E-state index contributed by atoms with van der Waals surface area (Å²) in [4.78, 5) is 0. The number of benzene rings is 1. The summed E-state index contributed by atoms with van der Waals surface area (Å²) < 4.78 is 0. The van der Waals surface area contributed by atoms with Crippen LogP contribution in [0.3, 0.4) is 0 Å². The lowest BCUT2D eigenvalue weighted by Crippen LogP contribution is -2.90. The van der Waals surface area contributed by atoms with E-state index < -0.39 is 0 Å². The third kappa shape index (κ3) is 5.85. The van der Waals surface area contributed by atoms with Crippen molar-refractivity contribution in [3.63, 3.8) is 0 Å². The van der Waals surface area contributed by atoms with E-state index in [4.69, 9.17) is 0 Å². The van der Waals surface area contributed by atoms with Crippen LogP contribution in [0.5, 0.6) is 0 Å². The van der Waals surface area contributed by atoms with Gasteiger partial charge in [0.05, 0.1) is 6.04 Å². The fourth-order valence-corrected chi connectivity index (χ4v) is 2.01. The molecule has 2 atom stereocenters. The molecule has 0 heterocycles. The molecule has 1 aromatic carbocycles. The van der Waals surface area contributed by atoms with Gasteiger partial charge in [0.25, 0.3) is 0 Å². The van der Waals surface area contributed by atoms with Crippen LogP contribution in [0.4, 0.5) is 0 Å². The van der Waals surface area contributed by atoms with Crippen molar-refractivity contribution in [1.29, 1.82) is 0 Å². The van der Waals surface area contributed by atoms with Crippen LogP contribution in [-0.4, -0.2) is 17.7 Å². The molecule has 0 spiro atoms. The molecule has 0 amide bonds. The van der Waals surface area contributed by atoms with Gasteiger partial charge in [-0.05, 0) is 25.3 Å². The number of aliphatic hydroxyl groups excluding tert-OH is 1. The highest BCUT2D eigenvalue weighted by atomic mass is 16.3. The molecular formula is C15H26NO+. The van der Waals surface area contributed by atoms with Crippen molar-refractivity contribution in [2.75, 3.05) is 6.54 Å². The summed E-state index contributed by atoms with van der Waals surface area (Å²) in [6.45, 7) is 5.23. The molecule has 96 valence electrons. The lowest BCUT2D eigenvalue weighted by atomic mass is 10.1. The van der Waals surface area contributed by atoms with E-state index in [1.807, 2.05) is 30.3 Å². The smallest absolute Gasteiger partial charge is 0.128 e. The Morgan fingerprint density at radius 3 is 2.53 bits per heavy atom. The normalized spacial score (nSPS) is 14.5. The standard InChI is InChI=1S/C15H25NO/c1-3-4-6-9-13(2)16-12-15(17)14-10-7-5-8-11-14/h5,7-8,10-11,13,15-17H,3-4,6,9,12H2,1-2H3/p+1/t13-,15+/m1/s1. The fourth-order valence-electron chi connectivity index (χ4n) is 2.01. The lowest BCUT2D eigenvalue weighted by Gasteiger charge is -2.14. The third-order valence-corrected chi connectivity index (χ3v) is 3.21. The molecule has 0 unspecified atom stereocenters. The molecular weight excluding hydrogens is 210 g/mol. The monoisotopic (exact) mass is 236 g/mol. The van der Waals surface area contributed by atoms with Gasteiger partial charge in [0.1, 0.15) is 12.6 Å². The Balaban J connectivity index is 2.21. The first-order valence-corrected chi connectivity index (χ1v) is 6.80. The highest BCUT2D eigenvalue weighted by Crippen LogP contribution is 2.09. The van der Waals surface area contributed by atoms with E-state index in [1.54, 1.807) is 0 Å². The van der Waals surface area contributed by atoms with E-state index in [0.717, 1.165) is 12.1 Å². The van der Waals surface area contributed by atoms with Gasteiger partial charge in [0, 0.05) is 0 Å². The maximum Gasteiger partial charge on any atom is 0.128 e. The second kappa shape index (κ2) is 8.26. The third-order valence-electron chi connectivity index (χ3n) is 3.21. The largest absolute Gasteiger partial charge is 0.382 e. The summed E-state index contributed by atoms with van der Waals surface area (Å²) >= 11 is 0. The highest BCUT2D eigenvalue weighted by molar-refractivity contribution is 5.16. The van der Waals surface area contributed by atoms with Crippen molar-refractivity contribution in [3.8, 4) is 0 Å². The topological polar surface area (TPSA) is 36.8 Å². The predicted octanol–water partition coefficient (Wildman–Crippen LogP) is 2.25. The molecule has 17 heavy (non-hydrogen) atoms. The van der Waals surface area contributed by atoms with Crippen LogP contribution in [0.15, 0.2) is 30.3 Å². The summed E-state index contributed by atoms with van der Waals surface area (Å²) in [5.74, 6) is 0. The number of aliphatic hydroxyl groups is 1. The minimum Gasteiger partial charge on any atom is -0.382 e. The van der Waals surface area contributed by atoms with Crippen molar-refractivity contribution in [2.24, 2.45) is 0 Å². The molecule has 0 fully saturated rings. The van der Waals surface area contributed by atoms with E-state index >= 15 is 0 Å². The number of hydrogen-bond acceptors (Lipinski definition) is 1. The van der Waals surface area contributed by atoms with Gasteiger partial charge in [0.15, 0.2) is 0 Å². The molecule has 2 nitrogen and oxygen atoms in total. The van der Waals surface area contributed by atoms with Gasteiger partial charge in [-0.25, -0.2) is 0 Å². The van der Waals surface area contributed by atoms with E-state index in [1.165, 1.54) is 25.7 Å². The van der Waals surface area contributed by atoms with Gasteiger partial charge in [-0.2, -0.15) is 0 Å². The molecule has 0 radical (unpaired) electrons. The number of hydrogen-bond donors (Lipinski definition) is 2. The van der Waals surface area contributed by atoms with E-state index in [-0.39, 0.29) is 6.10 Å². The van der Waals surface area contributed by atoms with Crippen LogP contribution in [0.1, 0.15) is 51.2 Å². The summed E-state index contributed by atoms with van der Waals surface area (Å²) in [6.07, 6.45) is 4.80. The fraction of sp³-hybridized carbons (Fsp3) is 0.600. The van der Waals surface area contributed by atoms with Crippen LogP contribution in [0.2, 0.25) is 0 Å². The van der Waals surface area contributed by atoms with Gasteiger partial charge in [-0.15, -0.1) is 0 Å². The van der Waals surface area contributed by atoms with Crippen molar-refractivity contribution >= 4 is 0 Å². The van der Waals surface area contributed by atoms with Crippen LogP contribution in [0, 0.1) is 0 Å². The number of unbranched alkanes of at least 4 members (excludes halogenated alkanes) is 2. The lowest BCUT2D eigenvalue weighted by molar-refractivity contribution is -0.693. The molecule has 0 bridgehead atoms. The van der Waals surface area contributed by atoms with Crippen molar-refractivity contribution in [1.82, 2.24) is 0 Å².